The molecule has 0 spiro atoms. The Labute approximate surface area is 175 Å². The molecule has 2 aromatic carbocycles. The van der Waals surface area contributed by atoms with Gasteiger partial charge in [-0.3, -0.25) is 0 Å². The van der Waals surface area contributed by atoms with E-state index in [0.717, 1.165) is 0 Å². The van der Waals surface area contributed by atoms with Gasteiger partial charge in [0.05, 0.1) is 39.6 Å². The molecule has 0 aliphatic heterocycles. The lowest BCUT2D eigenvalue weighted by Gasteiger charge is -2.41. The summed E-state index contributed by atoms with van der Waals surface area (Å²) in [5.41, 5.74) is -1.14. The van der Waals surface area contributed by atoms with Crippen molar-refractivity contribution in [1.82, 2.24) is 0 Å². The second-order valence-corrected chi connectivity index (χ2v) is 7.89. The van der Waals surface area contributed by atoms with Crippen LogP contribution < -0.4 is 18.9 Å². The van der Waals surface area contributed by atoms with Crippen LogP contribution in [0.25, 0.3) is 11.1 Å². The minimum atomic E-state index is -1.54. The maximum atomic E-state index is 11.2. The van der Waals surface area contributed by atoms with Crippen LogP contribution in [0.1, 0.15) is 25.0 Å². The highest BCUT2D eigenvalue weighted by atomic mass is 16.5. The Morgan fingerprint density at radius 1 is 0.667 bits per heavy atom. The zero-order chi connectivity index (χ0) is 22.4. The van der Waals surface area contributed by atoms with E-state index in [1.807, 2.05) is 0 Å². The van der Waals surface area contributed by atoms with E-state index in [9.17, 15) is 20.4 Å². The summed E-state index contributed by atoms with van der Waals surface area (Å²) >= 11 is 0. The predicted molar refractivity (Wildman–Crippen MR) is 110 cm³/mol. The Kier molecular flexibility index (Phi) is 5.43. The molecule has 0 radical (unpaired) electrons. The van der Waals surface area contributed by atoms with Gasteiger partial charge in [0, 0.05) is 24.0 Å². The van der Waals surface area contributed by atoms with Crippen LogP contribution in [0.4, 0.5) is 0 Å². The number of hydrogen-bond donors (Lipinski definition) is 4. The zero-order valence-electron chi connectivity index (χ0n) is 18.0. The van der Waals surface area contributed by atoms with Crippen LogP contribution in [0.3, 0.4) is 0 Å². The number of hydrogen-bond acceptors (Lipinski definition) is 8. The zero-order valence-corrected chi connectivity index (χ0v) is 18.0. The van der Waals surface area contributed by atoms with Gasteiger partial charge in [-0.15, -0.1) is 0 Å². The average Bonchev–Trinajstić information content (AvgIpc) is 2.68. The third-order valence-corrected chi connectivity index (χ3v) is 5.93. The normalized spacial score (nSPS) is 22.9. The number of phenols is 2. The third kappa shape index (κ3) is 3.16. The van der Waals surface area contributed by atoms with Gasteiger partial charge < -0.3 is 39.4 Å². The van der Waals surface area contributed by atoms with Crippen LogP contribution in [0.5, 0.6) is 34.5 Å². The van der Waals surface area contributed by atoms with E-state index in [-0.39, 0.29) is 47.3 Å². The molecule has 2 aromatic rings. The third-order valence-electron chi connectivity index (χ3n) is 5.93. The summed E-state index contributed by atoms with van der Waals surface area (Å²) in [5, 5.41) is 43.8. The minimum absolute atomic E-state index is 0.0255. The first kappa shape index (κ1) is 21.9. The van der Waals surface area contributed by atoms with E-state index in [1.165, 1.54) is 28.4 Å². The molecule has 164 valence electrons. The van der Waals surface area contributed by atoms with E-state index < -0.39 is 11.2 Å². The number of benzene rings is 2. The van der Waals surface area contributed by atoms with Crippen LogP contribution in [-0.4, -0.2) is 60.1 Å². The molecule has 0 unspecified atom stereocenters. The summed E-state index contributed by atoms with van der Waals surface area (Å²) in [7, 11) is 5.61. The monoisotopic (exact) mass is 420 g/mol. The van der Waals surface area contributed by atoms with Crippen molar-refractivity contribution < 1.29 is 39.4 Å². The molecule has 0 fully saturated rings. The fourth-order valence-electron chi connectivity index (χ4n) is 4.01. The van der Waals surface area contributed by atoms with E-state index >= 15 is 0 Å². The number of methoxy groups -OCH3 is 4. The van der Waals surface area contributed by atoms with Gasteiger partial charge in [0.25, 0.3) is 0 Å². The fraction of sp³-hybridized carbons (Fsp3) is 0.455. The quantitative estimate of drug-likeness (QED) is 0.596. The van der Waals surface area contributed by atoms with Crippen molar-refractivity contribution in [3.8, 4) is 45.6 Å². The molecule has 8 heteroatoms. The SMILES string of the molecule is COc1cc2c(c(OC)c1O)-c1c(cc(OC)c(O)c1OC)C[C@@](C)(O)[C@@](C)(O)C2. The van der Waals surface area contributed by atoms with Crippen molar-refractivity contribution in [2.75, 3.05) is 28.4 Å². The summed E-state index contributed by atoms with van der Waals surface area (Å²) in [4.78, 5) is 0. The Balaban J connectivity index is 2.54. The molecular formula is C22H28O8. The second kappa shape index (κ2) is 7.45. The Morgan fingerprint density at radius 3 is 1.27 bits per heavy atom. The summed E-state index contributed by atoms with van der Waals surface area (Å²) in [6, 6.07) is 3.15. The van der Waals surface area contributed by atoms with E-state index in [2.05, 4.69) is 0 Å². The molecule has 0 heterocycles. The van der Waals surface area contributed by atoms with Crippen molar-refractivity contribution >= 4 is 0 Å². The van der Waals surface area contributed by atoms with Gasteiger partial charge >= 0.3 is 0 Å². The molecular weight excluding hydrogens is 392 g/mol. The van der Waals surface area contributed by atoms with Crippen LogP contribution in [0, 0.1) is 0 Å². The maximum Gasteiger partial charge on any atom is 0.201 e. The number of aromatic hydroxyl groups is 2. The molecule has 0 bridgehead atoms. The van der Waals surface area contributed by atoms with Gasteiger partial charge in [0.1, 0.15) is 0 Å². The van der Waals surface area contributed by atoms with Gasteiger partial charge in [0.15, 0.2) is 23.0 Å². The van der Waals surface area contributed by atoms with Crippen molar-refractivity contribution in [2.45, 2.75) is 37.9 Å². The van der Waals surface area contributed by atoms with Crippen molar-refractivity contribution in [3.05, 3.63) is 23.3 Å². The molecule has 30 heavy (non-hydrogen) atoms. The van der Waals surface area contributed by atoms with Gasteiger partial charge in [-0.2, -0.15) is 0 Å². The first-order valence-electron chi connectivity index (χ1n) is 9.41. The van der Waals surface area contributed by atoms with Crippen molar-refractivity contribution in [1.29, 1.82) is 0 Å². The number of aliphatic hydroxyl groups is 2. The topological polar surface area (TPSA) is 118 Å². The molecule has 0 saturated heterocycles. The summed E-state index contributed by atoms with van der Waals surface area (Å²) in [5.74, 6) is 0.0550. The lowest BCUT2D eigenvalue weighted by atomic mass is 9.72. The minimum Gasteiger partial charge on any atom is -0.502 e. The Hall–Kier alpha value is -2.84. The van der Waals surface area contributed by atoms with Gasteiger partial charge in [-0.1, -0.05) is 0 Å². The summed E-state index contributed by atoms with van der Waals surface area (Å²) < 4.78 is 21.6. The van der Waals surface area contributed by atoms with Crippen molar-refractivity contribution in [2.24, 2.45) is 0 Å². The highest BCUT2D eigenvalue weighted by Gasteiger charge is 2.46. The van der Waals surface area contributed by atoms with E-state index in [1.54, 1.807) is 26.0 Å². The fourth-order valence-corrected chi connectivity index (χ4v) is 4.01. The average molecular weight is 420 g/mol. The molecule has 1 aliphatic carbocycles. The van der Waals surface area contributed by atoms with Crippen LogP contribution in [0.2, 0.25) is 0 Å². The number of ether oxygens (including phenoxy) is 4. The lowest BCUT2D eigenvalue weighted by Crippen LogP contribution is -2.53. The highest BCUT2D eigenvalue weighted by Crippen LogP contribution is 2.55. The summed E-state index contributed by atoms with van der Waals surface area (Å²) in [6.45, 7) is 3.09. The van der Waals surface area contributed by atoms with Gasteiger partial charge in [-0.05, 0) is 37.1 Å². The van der Waals surface area contributed by atoms with Gasteiger partial charge in [0.2, 0.25) is 11.5 Å². The van der Waals surface area contributed by atoms with Gasteiger partial charge in [-0.25, -0.2) is 0 Å². The maximum absolute atomic E-state index is 11.2. The Morgan fingerprint density at radius 2 is 1.00 bits per heavy atom. The Bertz CT molecular complexity index is 899. The molecule has 0 aromatic heterocycles. The van der Waals surface area contributed by atoms with Crippen molar-refractivity contribution in [3.63, 3.8) is 0 Å². The molecule has 0 saturated carbocycles. The molecule has 0 amide bonds. The molecule has 8 nitrogen and oxygen atoms in total. The molecule has 3 rings (SSSR count). The number of rotatable bonds is 4. The number of fused-ring (bicyclic) bond motifs is 3. The van der Waals surface area contributed by atoms with E-state index in [0.29, 0.717) is 22.3 Å². The van der Waals surface area contributed by atoms with Crippen LogP contribution in [0.15, 0.2) is 12.1 Å². The first-order chi connectivity index (χ1) is 14.0. The van der Waals surface area contributed by atoms with E-state index in [4.69, 9.17) is 18.9 Å². The van der Waals surface area contributed by atoms with Crippen LogP contribution >= 0.6 is 0 Å². The predicted octanol–water partition coefficient (Wildman–Crippen LogP) is 2.40. The summed E-state index contributed by atoms with van der Waals surface area (Å²) in [6.07, 6.45) is 0.0510. The smallest absolute Gasteiger partial charge is 0.201 e. The number of phenolic OH excluding ortho intramolecular Hbond substituents is 2. The highest BCUT2D eigenvalue weighted by molar-refractivity contribution is 5.88. The largest absolute Gasteiger partial charge is 0.502 e. The first-order valence-corrected chi connectivity index (χ1v) is 9.41. The molecule has 4 N–H and O–H groups in total. The second-order valence-electron chi connectivity index (χ2n) is 7.89. The van der Waals surface area contributed by atoms with Crippen LogP contribution in [-0.2, 0) is 12.8 Å². The molecule has 2 atom stereocenters. The standard InChI is InChI=1S/C22H28O8/c1-21(25)9-11-7-13(27-3)17(23)19(29-5)15(11)16-12(10-22(21,2)26)8-14(28-4)18(24)20(16)30-6/h7-8,23-26H,9-10H2,1-6H3/t21-,22+. The molecule has 1 aliphatic rings. The lowest BCUT2D eigenvalue weighted by molar-refractivity contribution is -0.129.